The first kappa shape index (κ1) is 6.90. The molecule has 0 aromatic rings. The van der Waals surface area contributed by atoms with Gasteiger partial charge in [0.25, 0.3) is 5.92 Å². The Labute approximate surface area is 52.1 Å². The molecule has 0 aromatic carbocycles. The Morgan fingerprint density at radius 3 is 1.89 bits per heavy atom. The van der Waals surface area contributed by atoms with E-state index in [1.807, 2.05) is 0 Å². The summed E-state index contributed by atoms with van der Waals surface area (Å²) < 4.78 is 36.3. The average Bonchev–Trinajstić information content (AvgIpc) is 2.35. The highest BCUT2D eigenvalue weighted by molar-refractivity contribution is 5.08. The van der Waals surface area contributed by atoms with Crippen LogP contribution in [0.25, 0.3) is 0 Å². The second-order valence-corrected chi connectivity index (χ2v) is 2.65. The normalized spacial score (nSPS) is 38.7. The highest BCUT2D eigenvalue weighted by atomic mass is 19.3. The topological polar surface area (TPSA) is 0 Å². The third-order valence-electron chi connectivity index (χ3n) is 2.14. The van der Waals surface area contributed by atoms with Crippen molar-refractivity contribution < 1.29 is 13.2 Å². The Morgan fingerprint density at radius 2 is 1.89 bits per heavy atom. The van der Waals surface area contributed by atoms with Crippen molar-refractivity contribution in [1.29, 1.82) is 0 Å². The smallest absolute Gasteiger partial charge is 0.250 e. The highest BCUT2D eigenvalue weighted by Crippen LogP contribution is 2.62. The van der Waals surface area contributed by atoms with Crippen molar-refractivity contribution in [2.24, 2.45) is 5.41 Å². The first-order valence-electron chi connectivity index (χ1n) is 3.02. The van der Waals surface area contributed by atoms with E-state index in [4.69, 9.17) is 0 Å². The van der Waals surface area contributed by atoms with Crippen molar-refractivity contribution in [3.63, 3.8) is 0 Å². The van der Waals surface area contributed by atoms with E-state index in [1.165, 1.54) is 0 Å². The lowest BCUT2D eigenvalue weighted by atomic mass is 10.1. The number of halogens is 3. The molecule has 0 nitrogen and oxygen atoms in total. The molecule has 1 saturated carbocycles. The van der Waals surface area contributed by atoms with E-state index in [0.29, 0.717) is 0 Å². The number of rotatable bonds is 2. The van der Waals surface area contributed by atoms with Gasteiger partial charge in [-0.2, -0.15) is 0 Å². The van der Waals surface area contributed by atoms with Crippen molar-refractivity contribution in [3.8, 4) is 0 Å². The molecule has 1 atom stereocenters. The van der Waals surface area contributed by atoms with Crippen LogP contribution in [0.3, 0.4) is 0 Å². The van der Waals surface area contributed by atoms with Crippen LogP contribution in [0.1, 0.15) is 19.8 Å². The van der Waals surface area contributed by atoms with E-state index >= 15 is 0 Å². The molecule has 54 valence electrons. The van der Waals surface area contributed by atoms with Gasteiger partial charge in [-0.15, -0.1) is 0 Å². The Hall–Kier alpha value is -0.210. The molecule has 0 radical (unpaired) electrons. The monoisotopic (exact) mass is 138 g/mol. The van der Waals surface area contributed by atoms with Gasteiger partial charge >= 0.3 is 0 Å². The third kappa shape index (κ3) is 0.740. The van der Waals surface area contributed by atoms with Crippen LogP contribution in [0, 0.1) is 5.41 Å². The average molecular weight is 138 g/mol. The predicted molar refractivity (Wildman–Crippen MR) is 28.3 cm³/mol. The molecule has 0 N–H and O–H groups in total. The first-order valence-corrected chi connectivity index (χ1v) is 3.02. The molecule has 1 unspecified atom stereocenters. The minimum atomic E-state index is -2.71. The van der Waals surface area contributed by atoms with Gasteiger partial charge in [0.1, 0.15) is 6.67 Å². The van der Waals surface area contributed by atoms with Gasteiger partial charge in [-0.3, -0.25) is 4.39 Å². The number of alkyl halides is 3. The number of hydrogen-bond donors (Lipinski definition) is 0. The molecular weight excluding hydrogens is 129 g/mol. The zero-order chi connectivity index (χ0) is 7.12. The van der Waals surface area contributed by atoms with Crippen LogP contribution in [0.4, 0.5) is 13.2 Å². The fourth-order valence-electron chi connectivity index (χ4n) is 1.00. The van der Waals surface area contributed by atoms with E-state index < -0.39 is 18.0 Å². The van der Waals surface area contributed by atoms with Crippen LogP contribution >= 0.6 is 0 Å². The molecule has 1 aliphatic carbocycles. The molecule has 0 amide bonds. The fraction of sp³-hybridized carbons (Fsp3) is 1.00. The lowest BCUT2D eigenvalue weighted by molar-refractivity contribution is 0.0515. The molecule has 0 bridgehead atoms. The summed E-state index contributed by atoms with van der Waals surface area (Å²) >= 11 is 0. The fourth-order valence-corrected chi connectivity index (χ4v) is 1.00. The van der Waals surface area contributed by atoms with Gasteiger partial charge < -0.3 is 0 Å². The van der Waals surface area contributed by atoms with Crippen molar-refractivity contribution >= 4 is 0 Å². The summed E-state index contributed by atoms with van der Waals surface area (Å²) in [5.74, 6) is -2.71. The van der Waals surface area contributed by atoms with E-state index in [-0.39, 0.29) is 12.8 Å². The summed E-state index contributed by atoms with van der Waals surface area (Å²) in [5.41, 5.74) is -1.27. The third-order valence-corrected chi connectivity index (χ3v) is 2.14. The molecule has 1 rings (SSSR count). The summed E-state index contributed by atoms with van der Waals surface area (Å²) in [5, 5.41) is 0. The van der Waals surface area contributed by atoms with Gasteiger partial charge in [-0.25, -0.2) is 8.78 Å². The molecule has 3 heteroatoms. The van der Waals surface area contributed by atoms with Crippen LogP contribution < -0.4 is 0 Å². The zero-order valence-electron chi connectivity index (χ0n) is 5.26. The van der Waals surface area contributed by atoms with Crippen LogP contribution in [-0.4, -0.2) is 12.6 Å². The van der Waals surface area contributed by atoms with Crippen molar-refractivity contribution in [2.75, 3.05) is 6.67 Å². The largest absolute Gasteiger partial charge is 0.257 e. The van der Waals surface area contributed by atoms with Crippen molar-refractivity contribution in [2.45, 2.75) is 25.7 Å². The molecule has 0 aromatic heterocycles. The predicted octanol–water partition coefficient (Wildman–Crippen LogP) is 2.39. The Morgan fingerprint density at radius 1 is 1.44 bits per heavy atom. The zero-order valence-corrected chi connectivity index (χ0v) is 5.26. The highest BCUT2D eigenvalue weighted by Gasteiger charge is 2.69. The minimum absolute atomic E-state index is 0.247. The lowest BCUT2D eigenvalue weighted by Crippen LogP contribution is -2.11. The van der Waals surface area contributed by atoms with E-state index in [9.17, 15) is 13.2 Å². The molecule has 0 saturated heterocycles. The minimum Gasteiger partial charge on any atom is -0.250 e. The van der Waals surface area contributed by atoms with Gasteiger partial charge in [-0.1, -0.05) is 6.92 Å². The Kier molecular flexibility index (Phi) is 1.26. The SMILES string of the molecule is CCC1(CF)CC1(F)F. The summed E-state index contributed by atoms with van der Waals surface area (Å²) in [6.45, 7) is 0.719. The summed E-state index contributed by atoms with van der Waals surface area (Å²) in [7, 11) is 0. The summed E-state index contributed by atoms with van der Waals surface area (Å²) in [6.07, 6.45) is -0.0104. The molecule has 0 heterocycles. The summed E-state index contributed by atoms with van der Waals surface area (Å²) in [4.78, 5) is 0. The molecule has 0 spiro atoms. The lowest BCUT2D eigenvalue weighted by Gasteiger charge is -2.06. The molecule has 1 aliphatic rings. The van der Waals surface area contributed by atoms with Gasteiger partial charge in [-0.05, 0) is 6.42 Å². The second kappa shape index (κ2) is 1.64. The van der Waals surface area contributed by atoms with Crippen LogP contribution in [0.15, 0.2) is 0 Å². The second-order valence-electron chi connectivity index (χ2n) is 2.65. The molecule has 1 fully saturated rings. The Bertz CT molecular complexity index is 115. The van der Waals surface area contributed by atoms with E-state index in [1.54, 1.807) is 6.92 Å². The Balaban J connectivity index is 2.57. The maximum Gasteiger partial charge on any atom is 0.257 e. The first-order chi connectivity index (χ1) is 4.08. The summed E-state index contributed by atoms with van der Waals surface area (Å²) in [6, 6.07) is 0. The van der Waals surface area contributed by atoms with Crippen LogP contribution in [0.5, 0.6) is 0 Å². The van der Waals surface area contributed by atoms with Gasteiger partial charge in [0.2, 0.25) is 0 Å². The molecule has 9 heavy (non-hydrogen) atoms. The maximum absolute atomic E-state index is 12.2. The maximum atomic E-state index is 12.2. The number of hydrogen-bond acceptors (Lipinski definition) is 0. The molecular formula is C6H9F3. The molecule has 0 aliphatic heterocycles. The van der Waals surface area contributed by atoms with E-state index in [0.717, 1.165) is 0 Å². The van der Waals surface area contributed by atoms with Crippen molar-refractivity contribution in [1.82, 2.24) is 0 Å². The van der Waals surface area contributed by atoms with Gasteiger partial charge in [0.15, 0.2) is 0 Å². The standard InChI is InChI=1S/C6H9F3/c1-2-5(4-7)3-6(5,8)9/h2-4H2,1H3. The van der Waals surface area contributed by atoms with Gasteiger partial charge in [0.05, 0.1) is 5.41 Å². The van der Waals surface area contributed by atoms with Gasteiger partial charge in [0, 0.05) is 6.42 Å². The van der Waals surface area contributed by atoms with Crippen molar-refractivity contribution in [3.05, 3.63) is 0 Å². The van der Waals surface area contributed by atoms with Crippen LogP contribution in [0.2, 0.25) is 0 Å². The quantitative estimate of drug-likeness (QED) is 0.549. The van der Waals surface area contributed by atoms with Crippen LogP contribution in [-0.2, 0) is 0 Å². The van der Waals surface area contributed by atoms with E-state index in [2.05, 4.69) is 0 Å².